The first-order valence-corrected chi connectivity index (χ1v) is 8.40. The second kappa shape index (κ2) is 6.30. The van der Waals surface area contributed by atoms with Gasteiger partial charge in [-0.05, 0) is 17.7 Å². The van der Waals surface area contributed by atoms with E-state index in [0.717, 1.165) is 6.41 Å². The fraction of sp³-hybridized carbons (Fsp3) is 0.417. The van der Waals surface area contributed by atoms with Gasteiger partial charge in [0.05, 0.1) is 5.75 Å². The molecule has 0 unspecified atom stereocenters. The fourth-order valence-electron chi connectivity index (χ4n) is 2.01. The van der Waals surface area contributed by atoms with Crippen LogP contribution in [0.3, 0.4) is 0 Å². The zero-order chi connectivity index (χ0) is 14.8. The molecule has 1 saturated heterocycles. The number of hydrogen-bond acceptors (Lipinski definition) is 3. The van der Waals surface area contributed by atoms with Gasteiger partial charge in [0.15, 0.2) is 0 Å². The monoisotopic (exact) mass is 336 g/mol. The van der Waals surface area contributed by atoms with Crippen molar-refractivity contribution >= 4 is 39.6 Å². The second-order valence-corrected chi connectivity index (χ2v) is 7.34. The van der Waals surface area contributed by atoms with Crippen LogP contribution in [0.15, 0.2) is 18.2 Å². The van der Waals surface area contributed by atoms with Crippen molar-refractivity contribution in [1.29, 1.82) is 0 Å². The Morgan fingerprint density at radius 2 is 1.80 bits per heavy atom. The minimum Gasteiger partial charge on any atom is -0.343 e. The van der Waals surface area contributed by atoms with Crippen LogP contribution in [0.5, 0.6) is 0 Å². The van der Waals surface area contributed by atoms with E-state index in [0.29, 0.717) is 41.8 Å². The van der Waals surface area contributed by atoms with Crippen LogP contribution in [0.4, 0.5) is 0 Å². The van der Waals surface area contributed by atoms with Crippen LogP contribution >= 0.6 is 23.2 Å². The lowest BCUT2D eigenvalue weighted by atomic mass is 10.2. The fourth-order valence-corrected chi connectivity index (χ4v) is 4.12. The van der Waals surface area contributed by atoms with Crippen LogP contribution in [0.2, 0.25) is 10.0 Å². The third-order valence-corrected chi connectivity index (χ3v) is 5.58. The van der Waals surface area contributed by atoms with Gasteiger partial charge in [0.25, 0.3) is 0 Å². The maximum absolute atomic E-state index is 12.3. The van der Waals surface area contributed by atoms with Crippen molar-refractivity contribution in [3.63, 3.8) is 0 Å². The first-order chi connectivity index (χ1) is 9.42. The maximum Gasteiger partial charge on any atom is 0.218 e. The highest BCUT2D eigenvalue weighted by atomic mass is 35.5. The summed E-state index contributed by atoms with van der Waals surface area (Å²) in [6, 6.07) is 4.75. The predicted molar refractivity (Wildman–Crippen MR) is 78.3 cm³/mol. The van der Waals surface area contributed by atoms with Gasteiger partial charge in [-0.3, -0.25) is 4.79 Å². The summed E-state index contributed by atoms with van der Waals surface area (Å²) in [5.41, 5.74) is 0.522. The Kier molecular flexibility index (Phi) is 4.90. The smallest absolute Gasteiger partial charge is 0.218 e. The lowest BCUT2D eigenvalue weighted by Gasteiger charge is -2.31. The molecule has 2 rings (SSSR count). The van der Waals surface area contributed by atoms with Crippen LogP contribution < -0.4 is 0 Å². The first kappa shape index (κ1) is 15.6. The number of nitrogens with zero attached hydrogens (tertiary/aromatic N) is 2. The zero-order valence-electron chi connectivity index (χ0n) is 10.6. The molecular weight excluding hydrogens is 323 g/mol. The van der Waals surface area contributed by atoms with Crippen molar-refractivity contribution in [2.75, 3.05) is 26.2 Å². The van der Waals surface area contributed by atoms with Gasteiger partial charge in [-0.25, -0.2) is 8.42 Å². The van der Waals surface area contributed by atoms with Crippen molar-refractivity contribution in [2.24, 2.45) is 0 Å². The average molecular weight is 337 g/mol. The molecule has 1 amide bonds. The van der Waals surface area contributed by atoms with E-state index in [9.17, 15) is 13.2 Å². The molecule has 20 heavy (non-hydrogen) atoms. The van der Waals surface area contributed by atoms with Crippen molar-refractivity contribution in [3.8, 4) is 0 Å². The molecule has 1 aliphatic rings. The van der Waals surface area contributed by atoms with Gasteiger partial charge < -0.3 is 4.90 Å². The lowest BCUT2D eigenvalue weighted by molar-refractivity contribution is -0.119. The summed E-state index contributed by atoms with van der Waals surface area (Å²) in [4.78, 5) is 12.2. The Morgan fingerprint density at radius 1 is 1.15 bits per heavy atom. The Labute approximate surface area is 128 Å². The molecule has 8 heteroatoms. The summed E-state index contributed by atoms with van der Waals surface area (Å²) in [5.74, 6) is -0.163. The van der Waals surface area contributed by atoms with Gasteiger partial charge >= 0.3 is 0 Å². The van der Waals surface area contributed by atoms with Gasteiger partial charge in [0.1, 0.15) is 0 Å². The van der Waals surface area contributed by atoms with E-state index in [-0.39, 0.29) is 5.75 Å². The number of sulfonamides is 1. The Hall–Kier alpha value is -0.820. The van der Waals surface area contributed by atoms with Gasteiger partial charge in [-0.1, -0.05) is 29.3 Å². The van der Waals surface area contributed by atoms with Gasteiger partial charge in [-0.15, -0.1) is 0 Å². The average Bonchev–Trinajstić information content (AvgIpc) is 2.42. The molecule has 1 heterocycles. The molecule has 0 aromatic heterocycles. The van der Waals surface area contributed by atoms with E-state index < -0.39 is 10.0 Å². The lowest BCUT2D eigenvalue weighted by Crippen LogP contribution is -2.48. The maximum atomic E-state index is 12.3. The van der Waals surface area contributed by atoms with Crippen LogP contribution in [0.1, 0.15) is 5.56 Å². The Morgan fingerprint density at radius 3 is 2.35 bits per heavy atom. The van der Waals surface area contributed by atoms with Crippen molar-refractivity contribution in [3.05, 3.63) is 33.8 Å². The molecule has 1 fully saturated rings. The largest absolute Gasteiger partial charge is 0.343 e. The van der Waals surface area contributed by atoms with Crippen LogP contribution in [0.25, 0.3) is 0 Å². The quantitative estimate of drug-likeness (QED) is 0.784. The van der Waals surface area contributed by atoms with Gasteiger partial charge in [0, 0.05) is 36.2 Å². The summed E-state index contributed by atoms with van der Waals surface area (Å²) >= 11 is 11.8. The summed E-state index contributed by atoms with van der Waals surface area (Å²) in [6.45, 7) is 1.45. The number of carbonyl (C=O) groups excluding carboxylic acids is 1. The van der Waals surface area contributed by atoms with E-state index in [1.165, 1.54) is 10.4 Å². The predicted octanol–water partition coefficient (Wildman–Crippen LogP) is 1.60. The van der Waals surface area contributed by atoms with Crippen molar-refractivity contribution < 1.29 is 13.2 Å². The molecule has 1 aromatic carbocycles. The number of amides is 1. The third kappa shape index (κ3) is 3.63. The highest BCUT2D eigenvalue weighted by Gasteiger charge is 2.27. The highest BCUT2D eigenvalue weighted by molar-refractivity contribution is 7.88. The Balaban J connectivity index is 2.09. The molecule has 110 valence electrons. The highest BCUT2D eigenvalue weighted by Crippen LogP contribution is 2.24. The van der Waals surface area contributed by atoms with E-state index in [4.69, 9.17) is 23.2 Å². The number of rotatable bonds is 4. The van der Waals surface area contributed by atoms with E-state index in [2.05, 4.69) is 0 Å². The molecule has 1 aliphatic heterocycles. The number of hydrogen-bond donors (Lipinski definition) is 0. The molecule has 0 aliphatic carbocycles. The van der Waals surface area contributed by atoms with Crippen molar-refractivity contribution in [2.45, 2.75) is 5.75 Å². The first-order valence-electron chi connectivity index (χ1n) is 6.03. The molecule has 0 spiro atoms. The minimum absolute atomic E-state index is 0.163. The van der Waals surface area contributed by atoms with Gasteiger partial charge in [0.2, 0.25) is 16.4 Å². The zero-order valence-corrected chi connectivity index (χ0v) is 13.0. The summed E-state index contributed by atoms with van der Waals surface area (Å²) in [6.07, 6.45) is 0.736. The molecule has 0 N–H and O–H groups in total. The summed E-state index contributed by atoms with van der Waals surface area (Å²) < 4.78 is 26.0. The minimum atomic E-state index is -3.44. The Bertz CT molecular complexity index is 599. The van der Waals surface area contributed by atoms with E-state index >= 15 is 0 Å². The molecule has 0 saturated carbocycles. The molecule has 5 nitrogen and oxygen atoms in total. The van der Waals surface area contributed by atoms with E-state index in [1.807, 2.05) is 0 Å². The van der Waals surface area contributed by atoms with Crippen LogP contribution in [0, 0.1) is 0 Å². The molecular formula is C12H14Cl2N2O3S. The van der Waals surface area contributed by atoms with Crippen LogP contribution in [-0.2, 0) is 20.6 Å². The SMILES string of the molecule is O=CN1CCN(S(=O)(=O)Cc2ccc(Cl)cc2Cl)CC1. The van der Waals surface area contributed by atoms with Gasteiger partial charge in [-0.2, -0.15) is 4.31 Å². The number of piperazine rings is 1. The number of halogens is 2. The standard InChI is InChI=1S/C12H14Cl2N2O3S/c13-11-2-1-10(12(14)7-11)8-20(18,19)16-5-3-15(9-17)4-6-16/h1-2,7,9H,3-6,8H2. The summed E-state index contributed by atoms with van der Waals surface area (Å²) in [7, 11) is -3.44. The molecule has 0 bridgehead atoms. The van der Waals surface area contributed by atoms with E-state index in [1.54, 1.807) is 17.0 Å². The summed E-state index contributed by atoms with van der Waals surface area (Å²) in [5, 5.41) is 0.809. The normalized spacial score (nSPS) is 17.2. The molecule has 0 atom stereocenters. The number of benzene rings is 1. The van der Waals surface area contributed by atoms with Crippen molar-refractivity contribution in [1.82, 2.24) is 9.21 Å². The molecule has 1 aromatic rings. The number of carbonyl (C=O) groups is 1. The molecule has 0 radical (unpaired) electrons. The van der Waals surface area contributed by atoms with Crippen LogP contribution in [-0.4, -0.2) is 50.2 Å². The topological polar surface area (TPSA) is 57.7 Å². The second-order valence-electron chi connectivity index (χ2n) is 4.53. The third-order valence-electron chi connectivity index (χ3n) is 3.17.